The highest BCUT2D eigenvalue weighted by Gasteiger charge is 2.14. The molecule has 0 saturated carbocycles. The van der Waals surface area contributed by atoms with Gasteiger partial charge in [0, 0.05) is 0 Å². The number of hydrogen-bond acceptors (Lipinski definition) is 4. The minimum Gasteiger partial charge on any atom is -0.497 e. The topological polar surface area (TPSA) is 79.5 Å². The van der Waals surface area contributed by atoms with E-state index in [0.717, 1.165) is 11.3 Å². The Kier molecular flexibility index (Phi) is 5.59. The van der Waals surface area contributed by atoms with Crippen LogP contribution in [0.25, 0.3) is 0 Å². The number of aliphatic carboxylic acids is 1. The van der Waals surface area contributed by atoms with Gasteiger partial charge in [-0.15, -0.1) is 0 Å². The molecular weight excluding hydrogens is 294 g/mol. The minimum atomic E-state index is -0.989. The van der Waals surface area contributed by atoms with Gasteiger partial charge in [0.1, 0.15) is 18.1 Å². The van der Waals surface area contributed by atoms with Crippen molar-refractivity contribution in [1.29, 1.82) is 5.26 Å². The summed E-state index contributed by atoms with van der Waals surface area (Å²) in [6.45, 7) is 0.417. The van der Waals surface area contributed by atoms with E-state index in [1.807, 2.05) is 30.3 Å². The summed E-state index contributed by atoms with van der Waals surface area (Å²) in [6.07, 6.45) is -0.206. The van der Waals surface area contributed by atoms with Gasteiger partial charge in [0.25, 0.3) is 0 Å². The van der Waals surface area contributed by atoms with E-state index in [1.54, 1.807) is 31.4 Å². The Morgan fingerprint density at radius 1 is 1.13 bits per heavy atom. The second-order valence-electron chi connectivity index (χ2n) is 4.99. The van der Waals surface area contributed by atoms with Gasteiger partial charge in [-0.1, -0.05) is 24.3 Å². The van der Waals surface area contributed by atoms with E-state index < -0.39 is 11.9 Å². The predicted octanol–water partition coefficient (Wildman–Crippen LogP) is 3.36. The van der Waals surface area contributed by atoms with Crippen molar-refractivity contribution in [1.82, 2.24) is 0 Å². The number of ether oxygens (including phenoxy) is 2. The zero-order chi connectivity index (χ0) is 16.7. The molecule has 0 aliphatic carbocycles. The third kappa shape index (κ3) is 4.75. The Morgan fingerprint density at radius 3 is 2.26 bits per heavy atom. The third-order valence-corrected chi connectivity index (χ3v) is 3.38. The third-order valence-electron chi connectivity index (χ3n) is 3.38. The molecule has 0 aliphatic rings. The van der Waals surface area contributed by atoms with Gasteiger partial charge in [0.15, 0.2) is 0 Å². The van der Waals surface area contributed by atoms with Crippen molar-refractivity contribution in [3.63, 3.8) is 0 Å². The molecular formula is C18H17NO4. The molecule has 0 spiro atoms. The summed E-state index contributed by atoms with van der Waals surface area (Å²) in [5, 5.41) is 17.8. The van der Waals surface area contributed by atoms with E-state index in [0.29, 0.717) is 17.9 Å². The van der Waals surface area contributed by atoms with Crippen molar-refractivity contribution in [2.45, 2.75) is 18.9 Å². The average molecular weight is 311 g/mol. The SMILES string of the molecule is COc1ccc(COc2ccc(C(C#N)CC(=O)O)cc2)cc1. The molecule has 2 rings (SSSR count). The van der Waals surface area contributed by atoms with Gasteiger partial charge in [0.05, 0.1) is 25.5 Å². The Hall–Kier alpha value is -3.00. The molecule has 1 atom stereocenters. The highest BCUT2D eigenvalue weighted by Crippen LogP contribution is 2.22. The van der Waals surface area contributed by atoms with Gasteiger partial charge in [0.2, 0.25) is 0 Å². The Balaban J connectivity index is 1.96. The second-order valence-corrected chi connectivity index (χ2v) is 4.99. The first-order valence-electron chi connectivity index (χ1n) is 7.09. The standard InChI is InChI=1S/C18H17NO4/c1-22-16-6-2-13(3-7-16)12-23-17-8-4-14(5-9-17)15(11-19)10-18(20)21/h2-9,15H,10,12H2,1H3,(H,20,21). The van der Waals surface area contributed by atoms with Gasteiger partial charge >= 0.3 is 5.97 Å². The van der Waals surface area contributed by atoms with Gasteiger partial charge in [-0.2, -0.15) is 5.26 Å². The maximum atomic E-state index is 10.7. The van der Waals surface area contributed by atoms with Gasteiger partial charge in [-0.25, -0.2) is 0 Å². The summed E-state index contributed by atoms with van der Waals surface area (Å²) in [4.78, 5) is 10.7. The summed E-state index contributed by atoms with van der Waals surface area (Å²) >= 11 is 0. The first-order valence-corrected chi connectivity index (χ1v) is 7.09. The van der Waals surface area contributed by atoms with Crippen molar-refractivity contribution in [3.8, 4) is 17.6 Å². The Bertz CT molecular complexity index is 686. The molecule has 0 amide bonds. The number of rotatable bonds is 7. The molecule has 5 nitrogen and oxygen atoms in total. The molecule has 0 radical (unpaired) electrons. The van der Waals surface area contributed by atoms with Crippen LogP contribution in [0.15, 0.2) is 48.5 Å². The lowest BCUT2D eigenvalue weighted by atomic mass is 9.97. The summed E-state index contributed by atoms with van der Waals surface area (Å²) in [5.74, 6) is -0.185. The lowest BCUT2D eigenvalue weighted by molar-refractivity contribution is -0.137. The molecule has 118 valence electrons. The molecule has 0 aromatic heterocycles. The highest BCUT2D eigenvalue weighted by atomic mass is 16.5. The largest absolute Gasteiger partial charge is 0.497 e. The summed E-state index contributed by atoms with van der Waals surface area (Å²) < 4.78 is 10.8. The molecule has 5 heteroatoms. The van der Waals surface area contributed by atoms with Crippen LogP contribution in [0.4, 0.5) is 0 Å². The molecule has 23 heavy (non-hydrogen) atoms. The smallest absolute Gasteiger partial charge is 0.305 e. The molecule has 0 aliphatic heterocycles. The molecule has 1 unspecified atom stereocenters. The Morgan fingerprint density at radius 2 is 1.74 bits per heavy atom. The van der Waals surface area contributed by atoms with Crippen molar-refractivity contribution in [3.05, 3.63) is 59.7 Å². The summed E-state index contributed by atoms with van der Waals surface area (Å²) in [5.41, 5.74) is 1.68. The quantitative estimate of drug-likeness (QED) is 0.848. The lowest BCUT2D eigenvalue weighted by Gasteiger charge is -2.10. The molecule has 0 bridgehead atoms. The maximum absolute atomic E-state index is 10.7. The fraction of sp³-hybridized carbons (Fsp3) is 0.222. The van der Waals surface area contributed by atoms with Crippen LogP contribution in [0.1, 0.15) is 23.5 Å². The van der Waals surface area contributed by atoms with E-state index in [9.17, 15) is 4.79 Å². The lowest BCUT2D eigenvalue weighted by Crippen LogP contribution is -2.04. The molecule has 0 heterocycles. The van der Waals surface area contributed by atoms with Crippen LogP contribution in [0.2, 0.25) is 0 Å². The molecule has 0 fully saturated rings. The van der Waals surface area contributed by atoms with Crippen molar-refractivity contribution in [2.75, 3.05) is 7.11 Å². The number of nitriles is 1. The first-order chi connectivity index (χ1) is 11.1. The van der Waals surface area contributed by atoms with Gasteiger partial charge in [-0.3, -0.25) is 4.79 Å². The van der Waals surface area contributed by atoms with Crippen LogP contribution in [-0.4, -0.2) is 18.2 Å². The van der Waals surface area contributed by atoms with Crippen LogP contribution in [0.3, 0.4) is 0 Å². The number of carboxylic acids is 1. The molecule has 0 saturated heterocycles. The van der Waals surface area contributed by atoms with Crippen LogP contribution in [0, 0.1) is 11.3 Å². The van der Waals surface area contributed by atoms with E-state index in [-0.39, 0.29) is 6.42 Å². The number of hydrogen-bond donors (Lipinski definition) is 1. The number of methoxy groups -OCH3 is 1. The number of benzene rings is 2. The van der Waals surface area contributed by atoms with E-state index in [4.69, 9.17) is 19.8 Å². The zero-order valence-corrected chi connectivity index (χ0v) is 12.7. The van der Waals surface area contributed by atoms with Crippen molar-refractivity contribution in [2.24, 2.45) is 0 Å². The minimum absolute atomic E-state index is 0.206. The van der Waals surface area contributed by atoms with E-state index in [2.05, 4.69) is 0 Å². The second kappa shape index (κ2) is 7.85. The van der Waals surface area contributed by atoms with E-state index in [1.165, 1.54) is 0 Å². The van der Waals surface area contributed by atoms with Crippen molar-refractivity contribution < 1.29 is 19.4 Å². The van der Waals surface area contributed by atoms with Crippen LogP contribution >= 0.6 is 0 Å². The number of carbonyl (C=O) groups is 1. The van der Waals surface area contributed by atoms with E-state index >= 15 is 0 Å². The zero-order valence-electron chi connectivity index (χ0n) is 12.7. The average Bonchev–Trinajstić information content (AvgIpc) is 2.58. The normalized spacial score (nSPS) is 11.3. The van der Waals surface area contributed by atoms with Crippen LogP contribution in [-0.2, 0) is 11.4 Å². The predicted molar refractivity (Wildman–Crippen MR) is 84.4 cm³/mol. The monoisotopic (exact) mass is 311 g/mol. The van der Waals surface area contributed by atoms with Crippen LogP contribution in [0.5, 0.6) is 11.5 Å². The molecule has 1 N–H and O–H groups in total. The Labute approximate surface area is 134 Å². The fourth-order valence-electron chi connectivity index (χ4n) is 2.10. The maximum Gasteiger partial charge on any atom is 0.305 e. The number of carboxylic acid groups (broad SMARTS) is 1. The summed E-state index contributed by atoms with van der Waals surface area (Å²) in [6, 6.07) is 16.5. The first kappa shape index (κ1) is 16.4. The summed E-state index contributed by atoms with van der Waals surface area (Å²) in [7, 11) is 1.62. The fourth-order valence-corrected chi connectivity index (χ4v) is 2.10. The van der Waals surface area contributed by atoms with Crippen LogP contribution < -0.4 is 9.47 Å². The molecule has 2 aromatic carbocycles. The van der Waals surface area contributed by atoms with Crippen molar-refractivity contribution >= 4 is 5.97 Å². The van der Waals surface area contributed by atoms with Gasteiger partial charge in [-0.05, 0) is 35.4 Å². The van der Waals surface area contributed by atoms with Gasteiger partial charge < -0.3 is 14.6 Å². The number of nitrogens with zero attached hydrogens (tertiary/aromatic N) is 1. The molecule has 2 aromatic rings. The highest BCUT2D eigenvalue weighted by molar-refractivity contribution is 5.68.